The minimum absolute atomic E-state index is 0.0785. The van der Waals surface area contributed by atoms with Gasteiger partial charge < -0.3 is 10.1 Å². The average molecular weight is 411 g/mol. The number of aromatic amines is 1. The van der Waals surface area contributed by atoms with Crippen molar-refractivity contribution < 1.29 is 9.90 Å². The van der Waals surface area contributed by atoms with Crippen LogP contribution in [0.15, 0.2) is 60.8 Å². The van der Waals surface area contributed by atoms with Crippen LogP contribution in [0.3, 0.4) is 0 Å². The van der Waals surface area contributed by atoms with Gasteiger partial charge in [-0.25, -0.2) is 4.98 Å². The van der Waals surface area contributed by atoms with E-state index in [2.05, 4.69) is 16.9 Å². The number of hydrogen-bond donors (Lipinski definition) is 2. The lowest BCUT2D eigenvalue weighted by molar-refractivity contribution is -0.141. The van der Waals surface area contributed by atoms with Crippen molar-refractivity contribution >= 4 is 17.6 Å². The highest BCUT2D eigenvalue weighted by molar-refractivity contribution is 6.31. The first-order valence-electron chi connectivity index (χ1n) is 10.1. The van der Waals surface area contributed by atoms with Crippen molar-refractivity contribution in [3.05, 3.63) is 88.5 Å². The summed E-state index contributed by atoms with van der Waals surface area (Å²) in [6.07, 6.45) is 5.78. The molecule has 0 fully saturated rings. The monoisotopic (exact) mass is 410 g/mol. The number of halogens is 1. The number of aromatic nitrogens is 2. The molecule has 0 aliphatic rings. The van der Waals surface area contributed by atoms with E-state index in [0.29, 0.717) is 12.8 Å². The van der Waals surface area contributed by atoms with Crippen molar-refractivity contribution in [2.75, 3.05) is 0 Å². The molecule has 2 N–H and O–H groups in total. The Hall–Kier alpha value is -2.59. The number of carboxylic acid groups (broad SMARTS) is 1. The molecule has 4 nitrogen and oxygen atoms in total. The van der Waals surface area contributed by atoms with E-state index >= 15 is 0 Å². The molecule has 2 atom stereocenters. The highest BCUT2D eigenvalue weighted by Crippen LogP contribution is 2.33. The van der Waals surface area contributed by atoms with Crippen molar-refractivity contribution in [2.24, 2.45) is 5.92 Å². The fourth-order valence-corrected chi connectivity index (χ4v) is 3.94. The lowest BCUT2D eigenvalue weighted by atomic mass is 9.92. The van der Waals surface area contributed by atoms with Gasteiger partial charge >= 0.3 is 5.97 Å². The fraction of sp³-hybridized carbons (Fsp3) is 0.333. The molecule has 0 saturated heterocycles. The van der Waals surface area contributed by atoms with Gasteiger partial charge in [-0.05, 0) is 30.0 Å². The maximum absolute atomic E-state index is 11.8. The van der Waals surface area contributed by atoms with Crippen LogP contribution in [0.5, 0.6) is 0 Å². The number of hydrogen-bond acceptors (Lipinski definition) is 2. The quantitative estimate of drug-likeness (QED) is 0.439. The van der Waals surface area contributed by atoms with E-state index < -0.39 is 11.9 Å². The van der Waals surface area contributed by atoms with Crippen molar-refractivity contribution in [2.45, 2.75) is 44.9 Å². The predicted octanol–water partition coefficient (Wildman–Crippen LogP) is 5.87. The van der Waals surface area contributed by atoms with Crippen molar-refractivity contribution in [3.8, 4) is 0 Å². The maximum Gasteiger partial charge on any atom is 0.307 e. The van der Waals surface area contributed by atoms with Crippen LogP contribution in [-0.4, -0.2) is 21.0 Å². The van der Waals surface area contributed by atoms with Crippen LogP contribution in [0.4, 0.5) is 0 Å². The molecule has 3 rings (SSSR count). The maximum atomic E-state index is 11.8. The highest BCUT2D eigenvalue weighted by atomic mass is 35.5. The van der Waals surface area contributed by atoms with E-state index in [0.717, 1.165) is 46.9 Å². The van der Waals surface area contributed by atoms with Crippen molar-refractivity contribution in [3.63, 3.8) is 0 Å². The third-order valence-electron chi connectivity index (χ3n) is 5.25. The Morgan fingerprint density at radius 2 is 1.83 bits per heavy atom. The number of carboxylic acids is 1. The van der Waals surface area contributed by atoms with Crippen LogP contribution in [0.1, 0.15) is 54.7 Å². The van der Waals surface area contributed by atoms with Gasteiger partial charge in [-0.15, -0.1) is 0 Å². The van der Waals surface area contributed by atoms with Crippen LogP contribution < -0.4 is 0 Å². The molecule has 0 saturated carbocycles. The van der Waals surface area contributed by atoms with Crippen LogP contribution in [0.2, 0.25) is 5.02 Å². The number of imidazole rings is 1. The van der Waals surface area contributed by atoms with Gasteiger partial charge in [0, 0.05) is 29.3 Å². The molecule has 3 aromatic rings. The zero-order valence-electron chi connectivity index (χ0n) is 16.6. The van der Waals surface area contributed by atoms with Gasteiger partial charge in [0.05, 0.1) is 5.92 Å². The average Bonchev–Trinajstić information content (AvgIpc) is 3.18. The summed E-state index contributed by atoms with van der Waals surface area (Å²) >= 11 is 6.45. The molecule has 0 amide bonds. The Kier molecular flexibility index (Phi) is 7.48. The fourth-order valence-electron chi connectivity index (χ4n) is 3.67. The number of carbonyl (C=O) groups is 1. The standard InChI is InChI=1S/C24H27ClN2O2/c1-2-3-11-21(20-12-7-8-13-22(20)25)23-26-16-19(27-23)15-18(24(28)29)14-17-9-5-4-6-10-17/h4-10,12-13,16,18,21H,2-3,11,14-15H2,1H3,(H,26,27)(H,28,29). The van der Waals surface area contributed by atoms with Crippen molar-refractivity contribution in [1.82, 2.24) is 9.97 Å². The summed E-state index contributed by atoms with van der Waals surface area (Å²) in [5.74, 6) is -0.362. The molecule has 2 unspecified atom stereocenters. The molecular weight excluding hydrogens is 384 g/mol. The molecule has 0 radical (unpaired) electrons. The lowest BCUT2D eigenvalue weighted by Gasteiger charge is -2.16. The summed E-state index contributed by atoms with van der Waals surface area (Å²) in [5.41, 5.74) is 2.93. The third kappa shape index (κ3) is 5.70. The van der Waals surface area contributed by atoms with Crippen LogP contribution in [0.25, 0.3) is 0 Å². The van der Waals surface area contributed by atoms with Crippen LogP contribution in [0, 0.1) is 5.92 Å². The summed E-state index contributed by atoms with van der Waals surface area (Å²) in [7, 11) is 0. The van der Waals surface area contributed by atoms with E-state index in [1.165, 1.54) is 0 Å². The summed E-state index contributed by atoms with van der Waals surface area (Å²) in [4.78, 5) is 19.8. The summed E-state index contributed by atoms with van der Waals surface area (Å²) in [6, 6.07) is 17.6. The topological polar surface area (TPSA) is 66.0 Å². The molecule has 0 spiro atoms. The molecular formula is C24H27ClN2O2. The highest BCUT2D eigenvalue weighted by Gasteiger charge is 2.23. The summed E-state index contributed by atoms with van der Waals surface area (Å²) < 4.78 is 0. The Morgan fingerprint density at radius 3 is 2.52 bits per heavy atom. The SMILES string of the molecule is CCCCC(c1ncc(CC(Cc2ccccc2)C(=O)O)[nH]1)c1ccccc1Cl. The Morgan fingerprint density at radius 1 is 1.10 bits per heavy atom. The molecule has 0 aliphatic heterocycles. The summed E-state index contributed by atoms with van der Waals surface area (Å²) in [6.45, 7) is 2.16. The number of benzene rings is 2. The first kappa shape index (κ1) is 21.1. The number of nitrogens with zero attached hydrogens (tertiary/aromatic N) is 1. The second-order valence-electron chi connectivity index (χ2n) is 7.44. The first-order valence-corrected chi connectivity index (χ1v) is 10.5. The van der Waals surface area contributed by atoms with Gasteiger partial charge in [-0.3, -0.25) is 4.79 Å². The van der Waals surface area contributed by atoms with Crippen LogP contribution in [-0.2, 0) is 17.6 Å². The Labute approximate surface area is 177 Å². The number of nitrogens with one attached hydrogen (secondary N) is 1. The molecule has 0 bridgehead atoms. The van der Waals surface area contributed by atoms with E-state index in [9.17, 15) is 9.90 Å². The van der Waals surface area contributed by atoms with Crippen LogP contribution >= 0.6 is 11.6 Å². The van der Waals surface area contributed by atoms with Gasteiger partial charge in [0.2, 0.25) is 0 Å². The van der Waals surface area contributed by atoms with E-state index in [1.54, 1.807) is 6.20 Å². The molecule has 5 heteroatoms. The predicted molar refractivity (Wildman–Crippen MR) is 116 cm³/mol. The smallest absolute Gasteiger partial charge is 0.307 e. The number of aliphatic carboxylic acids is 1. The largest absolute Gasteiger partial charge is 0.481 e. The third-order valence-corrected chi connectivity index (χ3v) is 5.59. The number of rotatable bonds is 10. The number of H-pyrrole nitrogens is 1. The molecule has 1 aromatic heterocycles. The second kappa shape index (κ2) is 10.3. The van der Waals surface area contributed by atoms with Gasteiger partial charge in [0.15, 0.2) is 0 Å². The Bertz CT molecular complexity index is 923. The van der Waals surface area contributed by atoms with Gasteiger partial charge in [0.1, 0.15) is 5.82 Å². The minimum atomic E-state index is -0.793. The molecule has 29 heavy (non-hydrogen) atoms. The minimum Gasteiger partial charge on any atom is -0.481 e. The second-order valence-corrected chi connectivity index (χ2v) is 7.85. The van der Waals surface area contributed by atoms with E-state index in [-0.39, 0.29) is 5.92 Å². The first-order chi connectivity index (χ1) is 14.1. The van der Waals surface area contributed by atoms with Gasteiger partial charge in [-0.2, -0.15) is 0 Å². The van der Waals surface area contributed by atoms with E-state index in [4.69, 9.17) is 11.6 Å². The molecule has 152 valence electrons. The van der Waals surface area contributed by atoms with Gasteiger partial charge in [-0.1, -0.05) is 79.9 Å². The Balaban J connectivity index is 1.79. The molecule has 0 aliphatic carbocycles. The van der Waals surface area contributed by atoms with Gasteiger partial charge in [0.25, 0.3) is 0 Å². The normalized spacial score (nSPS) is 13.2. The molecule has 1 heterocycles. The summed E-state index contributed by atoms with van der Waals surface area (Å²) in [5, 5.41) is 10.4. The zero-order valence-corrected chi connectivity index (χ0v) is 17.4. The number of unbranched alkanes of at least 4 members (excludes halogenated alkanes) is 1. The lowest BCUT2D eigenvalue weighted by Crippen LogP contribution is -2.19. The van der Waals surface area contributed by atoms with E-state index in [1.807, 2.05) is 54.6 Å². The molecule has 2 aromatic carbocycles. The van der Waals surface area contributed by atoms with Crippen molar-refractivity contribution in [1.29, 1.82) is 0 Å². The zero-order chi connectivity index (χ0) is 20.6.